The molecule has 0 amide bonds. The summed E-state index contributed by atoms with van der Waals surface area (Å²) in [6.45, 7) is 2.29. The van der Waals surface area contributed by atoms with Gasteiger partial charge in [-0.15, -0.1) is 0 Å². The molecule has 1 saturated heterocycles. The number of hydrogen-bond donors (Lipinski definition) is 2. The molecule has 0 aromatic carbocycles. The zero-order valence-electron chi connectivity index (χ0n) is 11.0. The first kappa shape index (κ1) is 10.7. The summed E-state index contributed by atoms with van der Waals surface area (Å²) in [4.78, 5) is 2.65. The van der Waals surface area contributed by atoms with E-state index in [1.54, 1.807) is 6.92 Å². The highest BCUT2D eigenvalue weighted by atomic mass is 16.5. The Labute approximate surface area is 92.4 Å². The molecular formula is C9H19N3O3. The van der Waals surface area contributed by atoms with E-state index in [0.717, 1.165) is 0 Å². The summed E-state index contributed by atoms with van der Waals surface area (Å²) in [6.07, 6.45) is -0.409. The van der Waals surface area contributed by atoms with Gasteiger partial charge in [0.2, 0.25) is 1.43 Å². The molecule has 0 radical (unpaired) electrons. The monoisotopic (exact) mass is 220 g/mol. The van der Waals surface area contributed by atoms with Gasteiger partial charge < -0.3 is 15.0 Å². The number of aliphatic hydroxyl groups is 2. The first-order valence-electron chi connectivity index (χ1n) is 5.86. The Hall–Kier alpha value is -0.810. The molecule has 1 fully saturated rings. The second-order valence-corrected chi connectivity index (χ2v) is 3.28. The first-order chi connectivity index (χ1) is 8.12. The summed E-state index contributed by atoms with van der Waals surface area (Å²) in [6, 6.07) is 0. The van der Waals surface area contributed by atoms with Gasteiger partial charge in [0.25, 0.3) is 0 Å². The van der Waals surface area contributed by atoms with Gasteiger partial charge in [-0.2, -0.15) is 0 Å². The van der Waals surface area contributed by atoms with Crippen LogP contribution in [0, 0.1) is 5.92 Å². The summed E-state index contributed by atoms with van der Waals surface area (Å²) in [5.74, 6) is -0.0759. The maximum atomic E-state index is 9.72. The standard InChI is InChI=1S/C8H15N3O2.CH4O/c1-5-7(3-4-10-11-9)8(12)6(2)13-5;1-2/h5-8,12H,3-4H2,1-2H3;2H,1H3/t5-,6+,7?,8-;/m1./s1/i1D;2T. The molecule has 88 valence electrons. The van der Waals surface area contributed by atoms with Crippen molar-refractivity contribution in [1.29, 1.82) is 1.43 Å². The lowest BCUT2D eigenvalue weighted by Crippen LogP contribution is -2.25. The molecule has 0 aliphatic carbocycles. The number of azide groups is 1. The molecule has 1 heterocycles. The Balaban J connectivity index is 0.000000770. The van der Waals surface area contributed by atoms with E-state index in [9.17, 15) is 5.11 Å². The van der Waals surface area contributed by atoms with Crippen molar-refractivity contribution in [3.63, 3.8) is 0 Å². The number of hydrogen-bond acceptors (Lipinski definition) is 4. The number of rotatable bonds is 3. The highest BCUT2D eigenvalue weighted by Crippen LogP contribution is 2.29. The van der Waals surface area contributed by atoms with E-state index in [2.05, 4.69) is 15.1 Å². The summed E-state index contributed by atoms with van der Waals surface area (Å²) in [5.41, 5.74) is 8.11. The molecule has 0 spiro atoms. The molecule has 4 atom stereocenters. The van der Waals surface area contributed by atoms with Gasteiger partial charge in [0, 0.05) is 25.9 Å². The summed E-state index contributed by atoms with van der Waals surface area (Å²) < 4.78 is 18.4. The molecule has 0 aromatic heterocycles. The molecule has 0 bridgehead atoms. The smallest absolute Gasteiger partial charge is 0.210 e. The number of aliphatic hydroxyl groups excluding tert-OH is 2. The highest BCUT2D eigenvalue weighted by Gasteiger charge is 2.37. The molecule has 0 saturated carbocycles. The average molecular weight is 220 g/mol. The van der Waals surface area contributed by atoms with Crippen molar-refractivity contribution in [3.8, 4) is 0 Å². The minimum atomic E-state index is -0.542. The zero-order valence-corrected chi connectivity index (χ0v) is 9.04. The fourth-order valence-corrected chi connectivity index (χ4v) is 1.63. The average Bonchev–Trinajstić information content (AvgIpc) is 2.58. The maximum absolute atomic E-state index is 9.72. The first-order valence-corrected chi connectivity index (χ1v) is 4.75. The molecule has 1 unspecified atom stereocenters. The third-order valence-electron chi connectivity index (χ3n) is 2.41. The van der Waals surface area contributed by atoms with Gasteiger partial charge in [0.15, 0.2) is 0 Å². The summed E-state index contributed by atoms with van der Waals surface area (Å²) in [5, 5.41) is 16.6. The number of nitrogens with zero attached hydrogens (tertiary/aromatic N) is 3. The van der Waals surface area contributed by atoms with E-state index in [0.29, 0.717) is 13.0 Å². The molecule has 1 aliphatic rings. The quantitative estimate of drug-likeness (QED) is 0.423. The molecular weight excluding hydrogens is 198 g/mol. The minimum absolute atomic E-state index is 0.0759. The summed E-state index contributed by atoms with van der Waals surface area (Å²) in [7, 11) is 1.29. The van der Waals surface area contributed by atoms with E-state index in [1.807, 2.05) is 0 Å². The Morgan fingerprint density at radius 1 is 1.73 bits per heavy atom. The van der Waals surface area contributed by atoms with E-state index in [-0.39, 0.29) is 25.0 Å². The van der Waals surface area contributed by atoms with Crippen molar-refractivity contribution in [1.82, 2.24) is 0 Å². The van der Waals surface area contributed by atoms with Crippen LogP contribution in [0.3, 0.4) is 0 Å². The van der Waals surface area contributed by atoms with Gasteiger partial charge in [-0.1, -0.05) is 5.11 Å². The van der Waals surface area contributed by atoms with E-state index >= 15 is 0 Å². The zero-order chi connectivity index (χ0) is 13.3. The van der Waals surface area contributed by atoms with Crippen molar-refractivity contribution in [2.45, 2.75) is 38.6 Å². The third-order valence-corrected chi connectivity index (χ3v) is 2.41. The molecule has 15 heavy (non-hydrogen) atoms. The van der Waals surface area contributed by atoms with Crippen LogP contribution in [0.25, 0.3) is 10.4 Å². The molecule has 0 aromatic rings. The van der Waals surface area contributed by atoms with Crippen LogP contribution >= 0.6 is 0 Å². The van der Waals surface area contributed by atoms with Crippen LogP contribution in [-0.2, 0) is 4.74 Å². The van der Waals surface area contributed by atoms with Crippen LogP contribution < -0.4 is 0 Å². The van der Waals surface area contributed by atoms with Gasteiger partial charge in [-0.3, -0.25) is 0 Å². The van der Waals surface area contributed by atoms with E-state index in [4.69, 9.17) is 13.1 Å². The molecule has 6 nitrogen and oxygen atoms in total. The van der Waals surface area contributed by atoms with Gasteiger partial charge in [0.1, 0.15) is 0 Å². The van der Waals surface area contributed by atoms with Crippen LogP contribution in [0.1, 0.15) is 21.6 Å². The molecule has 6 heteroatoms. The van der Waals surface area contributed by atoms with Crippen LogP contribution in [0.4, 0.5) is 0 Å². The Kier molecular flexibility index (Phi) is 5.33. The van der Waals surface area contributed by atoms with Crippen molar-refractivity contribution in [2.24, 2.45) is 11.0 Å². The lowest BCUT2D eigenvalue weighted by atomic mass is 9.94. The Morgan fingerprint density at radius 3 is 2.93 bits per heavy atom. The predicted molar refractivity (Wildman–Crippen MR) is 56.3 cm³/mol. The number of ether oxygens (including phenoxy) is 1. The predicted octanol–water partition coefficient (Wildman–Crippen LogP) is 1.08. The molecule has 1 rings (SSSR count). The van der Waals surface area contributed by atoms with Gasteiger partial charge >= 0.3 is 0 Å². The van der Waals surface area contributed by atoms with Crippen LogP contribution in [0.15, 0.2) is 5.11 Å². The van der Waals surface area contributed by atoms with Gasteiger partial charge in [-0.05, 0) is 25.8 Å². The highest BCUT2D eigenvalue weighted by molar-refractivity contribution is 4.86. The largest absolute Gasteiger partial charge is 0.400 e. The second-order valence-electron chi connectivity index (χ2n) is 3.28. The van der Waals surface area contributed by atoms with Gasteiger partial charge in [-0.25, -0.2) is 0 Å². The lowest BCUT2D eigenvalue weighted by Gasteiger charge is -2.15. The molecule has 1 aliphatic heterocycles. The minimum Gasteiger partial charge on any atom is -0.400 e. The van der Waals surface area contributed by atoms with Crippen molar-refractivity contribution in [3.05, 3.63) is 10.4 Å². The van der Waals surface area contributed by atoms with E-state index in [1.165, 1.54) is 7.11 Å². The Bertz CT molecular complexity index is 252. The van der Waals surface area contributed by atoms with E-state index < -0.39 is 6.10 Å². The SMILES string of the molecule is [2H]C[C@H]1O[C@@H](C)[C@@H](O)C1CCN=[N+]=[N-].[3H]OC. The van der Waals surface area contributed by atoms with Crippen LogP contribution in [0.5, 0.6) is 0 Å². The third kappa shape index (κ3) is 4.05. The fourth-order valence-electron chi connectivity index (χ4n) is 1.63. The van der Waals surface area contributed by atoms with Crippen LogP contribution in [-0.4, -0.2) is 43.6 Å². The van der Waals surface area contributed by atoms with Crippen molar-refractivity contribution >= 4 is 0 Å². The van der Waals surface area contributed by atoms with Crippen molar-refractivity contribution < 1.29 is 16.3 Å². The second kappa shape index (κ2) is 7.48. The fraction of sp³-hybridized carbons (Fsp3) is 1.00. The topological polar surface area (TPSA) is 98.5 Å². The normalized spacial score (nSPS) is 35.7. The summed E-state index contributed by atoms with van der Waals surface area (Å²) >= 11 is 0. The Morgan fingerprint density at radius 2 is 2.40 bits per heavy atom. The lowest BCUT2D eigenvalue weighted by molar-refractivity contribution is 0.0287. The van der Waals surface area contributed by atoms with Gasteiger partial charge in [0.05, 0.1) is 18.3 Å². The van der Waals surface area contributed by atoms with Crippen molar-refractivity contribution in [2.75, 3.05) is 13.7 Å². The maximum Gasteiger partial charge on any atom is 0.210 e. The molecule has 2 N–H and O–H groups in total. The van der Waals surface area contributed by atoms with Crippen LogP contribution in [0.2, 0.25) is 0 Å².